The number of hydrogen-bond acceptors (Lipinski definition) is 4. The van der Waals surface area contributed by atoms with E-state index >= 15 is 0 Å². The second-order valence-electron chi connectivity index (χ2n) is 2.17. The van der Waals surface area contributed by atoms with Gasteiger partial charge in [-0.1, -0.05) is 23.8 Å². The van der Waals surface area contributed by atoms with Crippen molar-refractivity contribution in [3.05, 3.63) is 20.8 Å². The molecule has 0 N–H and O–H groups in total. The highest BCUT2D eigenvalue weighted by Gasteiger charge is 2.10. The molecule has 0 aliphatic carbocycles. The Labute approximate surface area is 79.0 Å². The maximum absolute atomic E-state index is 11.2. The molecule has 12 heavy (non-hydrogen) atoms. The summed E-state index contributed by atoms with van der Waals surface area (Å²) in [6.45, 7) is 0. The molecule has 0 aliphatic rings. The predicted molar refractivity (Wildman–Crippen MR) is 51.6 cm³/mol. The van der Waals surface area contributed by atoms with Crippen molar-refractivity contribution in [1.82, 2.24) is 3.96 Å². The van der Waals surface area contributed by atoms with Gasteiger partial charge in [0.2, 0.25) is 0 Å². The van der Waals surface area contributed by atoms with E-state index in [0.29, 0.717) is 6.42 Å². The van der Waals surface area contributed by atoms with Crippen molar-refractivity contribution in [2.45, 2.75) is 6.42 Å². The lowest BCUT2D eigenvalue weighted by atomic mass is 10.2. The van der Waals surface area contributed by atoms with Crippen LogP contribution < -0.4 is 5.56 Å². The molecule has 0 aromatic carbocycles. The van der Waals surface area contributed by atoms with Gasteiger partial charge in [-0.2, -0.15) is 5.26 Å². The molecular formula is C7H6N2OS2. The van der Waals surface area contributed by atoms with Crippen molar-refractivity contribution in [3.8, 4) is 6.07 Å². The van der Waals surface area contributed by atoms with Crippen LogP contribution in [0, 0.1) is 11.3 Å². The van der Waals surface area contributed by atoms with Crippen LogP contribution in [0.5, 0.6) is 0 Å². The number of hydrogen-bond donors (Lipinski definition) is 0. The third kappa shape index (κ3) is 1.44. The number of thiocarbonyl (C=S) groups is 1. The van der Waals surface area contributed by atoms with E-state index in [1.165, 1.54) is 20.9 Å². The first-order valence-corrected chi connectivity index (χ1v) is 4.48. The van der Waals surface area contributed by atoms with Gasteiger partial charge in [0.15, 0.2) is 0 Å². The van der Waals surface area contributed by atoms with Crippen molar-refractivity contribution in [2.24, 2.45) is 7.05 Å². The Balaban J connectivity index is 3.31. The second kappa shape index (κ2) is 3.61. The molecule has 0 atom stereocenters. The largest absolute Gasteiger partial charge is 0.278 e. The molecule has 0 radical (unpaired) electrons. The van der Waals surface area contributed by atoms with Crippen LogP contribution in [-0.2, 0) is 13.5 Å². The van der Waals surface area contributed by atoms with Crippen LogP contribution >= 0.6 is 23.8 Å². The third-order valence-corrected chi connectivity index (χ3v) is 2.60. The van der Waals surface area contributed by atoms with Crippen LogP contribution in [0.1, 0.15) is 10.4 Å². The Morgan fingerprint density at radius 2 is 2.50 bits per heavy atom. The lowest BCUT2D eigenvalue weighted by molar-refractivity contribution is 0.976. The molecule has 1 aromatic rings. The summed E-state index contributed by atoms with van der Waals surface area (Å²) < 4.78 is 1.44. The van der Waals surface area contributed by atoms with Gasteiger partial charge in [0.05, 0.1) is 0 Å². The van der Waals surface area contributed by atoms with Gasteiger partial charge in [-0.25, -0.2) is 0 Å². The lowest BCUT2D eigenvalue weighted by Crippen LogP contribution is -2.11. The Morgan fingerprint density at radius 1 is 1.83 bits per heavy atom. The zero-order chi connectivity index (χ0) is 9.14. The van der Waals surface area contributed by atoms with Crippen LogP contribution in [0.15, 0.2) is 4.79 Å². The maximum atomic E-state index is 11.2. The average Bonchev–Trinajstić information content (AvgIpc) is 2.29. The summed E-state index contributed by atoms with van der Waals surface area (Å²) in [7, 11) is 1.64. The van der Waals surface area contributed by atoms with Crippen LogP contribution in [-0.4, -0.2) is 9.32 Å². The van der Waals surface area contributed by atoms with E-state index in [1.54, 1.807) is 7.05 Å². The Bertz CT molecular complexity index is 397. The first kappa shape index (κ1) is 9.10. The molecule has 0 saturated heterocycles. The fourth-order valence-electron chi connectivity index (χ4n) is 0.854. The Kier molecular flexibility index (Phi) is 2.74. The summed E-state index contributed by atoms with van der Waals surface area (Å²) in [6, 6.07) is 1.88. The first-order chi connectivity index (χ1) is 5.70. The van der Waals surface area contributed by atoms with E-state index in [1.807, 2.05) is 6.07 Å². The first-order valence-electron chi connectivity index (χ1n) is 3.23. The molecule has 5 heteroatoms. The van der Waals surface area contributed by atoms with E-state index in [-0.39, 0.29) is 11.1 Å². The molecule has 0 spiro atoms. The molecule has 62 valence electrons. The molecule has 3 nitrogen and oxygen atoms in total. The smallest absolute Gasteiger partial charge is 0.267 e. The normalized spacial score (nSPS) is 9.33. The highest BCUT2D eigenvalue weighted by Crippen LogP contribution is 2.10. The fourth-order valence-corrected chi connectivity index (χ4v) is 2.01. The highest BCUT2D eigenvalue weighted by atomic mass is 32.1. The molecule has 1 aromatic heterocycles. The Hall–Kier alpha value is -0.990. The summed E-state index contributed by atoms with van der Waals surface area (Å²) in [4.78, 5) is 11.9. The molecule has 0 aliphatic heterocycles. The molecule has 0 fully saturated rings. The van der Waals surface area contributed by atoms with Gasteiger partial charge in [0.25, 0.3) is 5.56 Å². The van der Waals surface area contributed by atoms with Gasteiger partial charge in [-0.15, -0.1) is 0 Å². The summed E-state index contributed by atoms with van der Waals surface area (Å²) in [5.74, 6) is 0. The molecule has 1 rings (SSSR count). The second-order valence-corrected chi connectivity index (χ2v) is 3.73. The van der Waals surface area contributed by atoms with Gasteiger partial charge >= 0.3 is 0 Å². The van der Waals surface area contributed by atoms with Gasteiger partial charge in [-0.05, 0) is 5.37 Å². The summed E-state index contributed by atoms with van der Waals surface area (Å²) in [5, 5.41) is 10.2. The SMILES string of the molecule is Cn1sc(CC=S)c(C#N)c1=O. The van der Waals surface area contributed by atoms with Crippen LogP contribution in [0.25, 0.3) is 0 Å². The lowest BCUT2D eigenvalue weighted by Gasteiger charge is -1.84. The van der Waals surface area contributed by atoms with Gasteiger partial charge in [-0.3, -0.25) is 8.75 Å². The summed E-state index contributed by atoms with van der Waals surface area (Å²) in [5.41, 5.74) is -0.00190. The third-order valence-electron chi connectivity index (χ3n) is 1.41. The minimum atomic E-state index is -0.227. The minimum absolute atomic E-state index is 0.226. The van der Waals surface area contributed by atoms with E-state index in [0.717, 1.165) is 4.88 Å². The maximum Gasteiger partial charge on any atom is 0.278 e. The van der Waals surface area contributed by atoms with Crippen LogP contribution in [0.2, 0.25) is 0 Å². The quantitative estimate of drug-likeness (QED) is 0.662. The number of aromatic nitrogens is 1. The van der Waals surface area contributed by atoms with E-state index in [4.69, 9.17) is 5.26 Å². The number of nitriles is 1. The van der Waals surface area contributed by atoms with Gasteiger partial charge in [0, 0.05) is 18.3 Å². The number of aryl methyl sites for hydroxylation is 1. The Morgan fingerprint density at radius 3 is 3.00 bits per heavy atom. The summed E-state index contributed by atoms with van der Waals surface area (Å²) in [6.07, 6.45) is 0.513. The predicted octanol–water partition coefficient (Wildman–Crippen LogP) is 0.861. The molecule has 0 amide bonds. The van der Waals surface area contributed by atoms with Crippen LogP contribution in [0.3, 0.4) is 0 Å². The van der Waals surface area contributed by atoms with Crippen LogP contribution in [0.4, 0.5) is 0 Å². The fraction of sp³-hybridized carbons (Fsp3) is 0.286. The van der Waals surface area contributed by atoms with Gasteiger partial charge < -0.3 is 0 Å². The van der Waals surface area contributed by atoms with Gasteiger partial charge in [0.1, 0.15) is 11.6 Å². The minimum Gasteiger partial charge on any atom is -0.267 e. The van der Waals surface area contributed by atoms with E-state index < -0.39 is 0 Å². The molecule has 0 bridgehead atoms. The monoisotopic (exact) mass is 198 g/mol. The van der Waals surface area contributed by atoms with E-state index in [2.05, 4.69) is 12.2 Å². The molecule has 0 saturated carbocycles. The molecule has 1 heterocycles. The molecular weight excluding hydrogens is 192 g/mol. The van der Waals surface area contributed by atoms with Crippen molar-refractivity contribution in [1.29, 1.82) is 5.26 Å². The standard InChI is InChI=1S/C7H6N2OS2/c1-9-7(10)5(4-8)6(12-9)2-3-11/h3H,2H2,1H3. The average molecular weight is 198 g/mol. The zero-order valence-electron chi connectivity index (χ0n) is 6.40. The van der Waals surface area contributed by atoms with Crippen molar-refractivity contribution < 1.29 is 0 Å². The number of nitrogens with zero attached hydrogens (tertiary/aromatic N) is 2. The van der Waals surface area contributed by atoms with Crippen molar-refractivity contribution in [3.63, 3.8) is 0 Å². The van der Waals surface area contributed by atoms with Crippen molar-refractivity contribution >= 4 is 29.1 Å². The van der Waals surface area contributed by atoms with E-state index in [9.17, 15) is 4.79 Å². The topological polar surface area (TPSA) is 45.8 Å². The summed E-state index contributed by atoms with van der Waals surface area (Å²) >= 11 is 5.93. The number of rotatable bonds is 2. The highest BCUT2D eigenvalue weighted by molar-refractivity contribution is 7.79. The zero-order valence-corrected chi connectivity index (χ0v) is 8.04. The van der Waals surface area contributed by atoms with Crippen molar-refractivity contribution in [2.75, 3.05) is 0 Å². The molecule has 0 unspecified atom stereocenters.